The van der Waals surface area contributed by atoms with Crippen molar-refractivity contribution >= 4 is 56.3 Å². The van der Waals surface area contributed by atoms with E-state index in [1.807, 2.05) is 17.5 Å². The Kier molecular flexibility index (Phi) is 8.59. The molecule has 43 heavy (non-hydrogen) atoms. The van der Waals surface area contributed by atoms with Crippen molar-refractivity contribution in [2.45, 2.75) is 18.9 Å². The van der Waals surface area contributed by atoms with Gasteiger partial charge in [-0.05, 0) is 55.6 Å². The van der Waals surface area contributed by atoms with E-state index in [0.29, 0.717) is 29.1 Å². The fraction of sp³-hybridized carbons (Fsp3) is 0.387. The van der Waals surface area contributed by atoms with Crippen molar-refractivity contribution in [1.82, 2.24) is 25.1 Å². The molecular formula is C31H37FN8O2S. The molecule has 2 aliphatic rings. The lowest BCUT2D eigenvalue weighted by atomic mass is 10.0. The average molecular weight is 605 g/mol. The van der Waals surface area contributed by atoms with E-state index in [2.05, 4.69) is 59.8 Å². The SMILES string of the molecule is CNC(=O)c1cccc(F)c1Nc1nc(Nc2ccc(N3CCC(N4CCN(C)CC4)CC3)cc2OC)nc2ccsc12. The van der Waals surface area contributed by atoms with Crippen LogP contribution in [0.1, 0.15) is 23.2 Å². The van der Waals surface area contributed by atoms with Gasteiger partial charge in [0.25, 0.3) is 5.91 Å². The van der Waals surface area contributed by atoms with Crippen LogP contribution in [-0.2, 0) is 0 Å². The van der Waals surface area contributed by atoms with Crippen LogP contribution in [0.4, 0.5) is 33.2 Å². The number of benzene rings is 2. The van der Waals surface area contributed by atoms with Gasteiger partial charge in [-0.1, -0.05) is 6.07 Å². The van der Waals surface area contributed by atoms with Crippen LogP contribution in [0.5, 0.6) is 5.75 Å². The van der Waals surface area contributed by atoms with Gasteiger partial charge in [0.1, 0.15) is 11.6 Å². The monoisotopic (exact) mass is 604 g/mol. The number of likely N-dealkylation sites (N-methyl/N-ethyl adjacent to an activating group) is 1. The van der Waals surface area contributed by atoms with Gasteiger partial charge in [0.15, 0.2) is 5.82 Å². The first kappa shape index (κ1) is 29.1. The molecule has 3 N–H and O–H groups in total. The Hall–Kier alpha value is -4.00. The fourth-order valence-corrected chi connectivity index (χ4v) is 6.65. The molecule has 2 aromatic carbocycles. The molecule has 0 radical (unpaired) electrons. The molecule has 0 bridgehead atoms. The number of carbonyl (C=O) groups is 1. The largest absolute Gasteiger partial charge is 0.494 e. The molecule has 1 amide bonds. The molecular weight excluding hydrogens is 567 g/mol. The Morgan fingerprint density at radius 3 is 2.56 bits per heavy atom. The molecule has 0 saturated carbocycles. The Morgan fingerprint density at radius 1 is 1.02 bits per heavy atom. The topological polar surface area (TPSA) is 97.9 Å². The van der Waals surface area contributed by atoms with Gasteiger partial charge >= 0.3 is 0 Å². The Morgan fingerprint density at radius 2 is 1.81 bits per heavy atom. The summed E-state index contributed by atoms with van der Waals surface area (Å²) in [6.07, 6.45) is 2.31. The standard InChI is InChI=1S/C31H37FN8O2S/c1-33-30(41)22-5-4-6-23(32)27(22)36-29-28-25(11-18-43-28)35-31(37-29)34-24-8-7-21(19-26(24)42-3)39-12-9-20(10-13-39)40-16-14-38(2)15-17-40/h4-8,11,18-20H,9-10,12-17H2,1-3H3,(H,33,41)(H2,34,35,36,37). The maximum Gasteiger partial charge on any atom is 0.253 e. The summed E-state index contributed by atoms with van der Waals surface area (Å²) in [6, 6.07) is 13.0. The van der Waals surface area contributed by atoms with Crippen LogP contribution in [0.25, 0.3) is 10.2 Å². The zero-order chi connectivity index (χ0) is 29.9. The second-order valence-corrected chi connectivity index (χ2v) is 11.9. The number of piperidine rings is 1. The van der Waals surface area contributed by atoms with Crippen LogP contribution in [0.2, 0.25) is 0 Å². The maximum absolute atomic E-state index is 14.9. The number of para-hydroxylation sites is 1. The van der Waals surface area contributed by atoms with E-state index in [-0.39, 0.29) is 11.3 Å². The molecule has 2 saturated heterocycles. The van der Waals surface area contributed by atoms with Crippen LogP contribution in [-0.4, -0.2) is 92.2 Å². The summed E-state index contributed by atoms with van der Waals surface area (Å²) in [7, 11) is 5.36. The minimum Gasteiger partial charge on any atom is -0.494 e. The number of aromatic nitrogens is 2. The number of rotatable bonds is 8. The first-order chi connectivity index (χ1) is 20.9. The van der Waals surface area contributed by atoms with E-state index in [1.54, 1.807) is 13.2 Å². The highest BCUT2D eigenvalue weighted by Crippen LogP contribution is 2.36. The van der Waals surface area contributed by atoms with E-state index >= 15 is 0 Å². The number of nitrogens with one attached hydrogen (secondary N) is 3. The van der Waals surface area contributed by atoms with Crippen LogP contribution >= 0.6 is 11.3 Å². The molecule has 226 valence electrons. The number of ether oxygens (including phenoxy) is 1. The summed E-state index contributed by atoms with van der Waals surface area (Å²) in [6.45, 7) is 6.62. The quantitative estimate of drug-likeness (QED) is 0.259. The number of thiophene rings is 1. The number of carbonyl (C=O) groups excluding carboxylic acids is 1. The van der Waals surface area contributed by atoms with Crippen LogP contribution < -0.4 is 25.6 Å². The third-order valence-corrected chi connectivity index (χ3v) is 9.26. The number of hydrogen-bond acceptors (Lipinski definition) is 10. The van der Waals surface area contributed by atoms with Crippen molar-refractivity contribution in [1.29, 1.82) is 0 Å². The molecule has 4 heterocycles. The molecule has 0 spiro atoms. The van der Waals surface area contributed by atoms with Crippen molar-refractivity contribution in [3.05, 3.63) is 59.2 Å². The Balaban J connectivity index is 1.20. The van der Waals surface area contributed by atoms with Gasteiger partial charge in [-0.3, -0.25) is 9.69 Å². The van der Waals surface area contributed by atoms with Crippen molar-refractivity contribution in [3.63, 3.8) is 0 Å². The van der Waals surface area contributed by atoms with Crippen molar-refractivity contribution in [3.8, 4) is 5.75 Å². The van der Waals surface area contributed by atoms with E-state index in [1.165, 1.54) is 30.5 Å². The van der Waals surface area contributed by atoms with Crippen molar-refractivity contribution < 1.29 is 13.9 Å². The third kappa shape index (κ3) is 6.22. The number of piperazine rings is 1. The molecule has 4 aromatic rings. The van der Waals surface area contributed by atoms with E-state index < -0.39 is 11.7 Å². The lowest BCUT2D eigenvalue weighted by Crippen LogP contribution is -2.52. The summed E-state index contributed by atoms with van der Waals surface area (Å²) in [5, 5.41) is 10.8. The van der Waals surface area contributed by atoms with Crippen molar-refractivity contribution in [2.24, 2.45) is 0 Å². The first-order valence-corrected chi connectivity index (χ1v) is 15.5. The van der Waals surface area contributed by atoms with Gasteiger partial charge < -0.3 is 30.5 Å². The predicted molar refractivity (Wildman–Crippen MR) is 171 cm³/mol. The van der Waals surface area contributed by atoms with Crippen LogP contribution in [0.3, 0.4) is 0 Å². The molecule has 2 fully saturated rings. The zero-order valence-corrected chi connectivity index (χ0v) is 25.5. The summed E-state index contributed by atoms with van der Waals surface area (Å²) in [5.74, 6) is 0.453. The molecule has 0 unspecified atom stereocenters. The van der Waals surface area contributed by atoms with Gasteiger partial charge in [0, 0.05) is 64.1 Å². The van der Waals surface area contributed by atoms with E-state index in [9.17, 15) is 9.18 Å². The number of methoxy groups -OCH3 is 1. The van der Waals surface area contributed by atoms with E-state index in [4.69, 9.17) is 4.74 Å². The second kappa shape index (κ2) is 12.7. The van der Waals surface area contributed by atoms with Gasteiger partial charge in [-0.15, -0.1) is 11.3 Å². The van der Waals surface area contributed by atoms with Crippen LogP contribution in [0.15, 0.2) is 47.8 Å². The summed E-state index contributed by atoms with van der Waals surface area (Å²) < 4.78 is 21.4. The zero-order valence-electron chi connectivity index (χ0n) is 24.7. The molecule has 2 aliphatic heterocycles. The number of fused-ring (bicyclic) bond motifs is 1. The average Bonchev–Trinajstić information content (AvgIpc) is 3.51. The van der Waals surface area contributed by atoms with Crippen LogP contribution in [0, 0.1) is 5.82 Å². The number of nitrogens with zero attached hydrogens (tertiary/aromatic N) is 5. The molecule has 0 aliphatic carbocycles. The normalized spacial score (nSPS) is 16.8. The number of hydrogen-bond donors (Lipinski definition) is 3. The highest BCUT2D eigenvalue weighted by atomic mass is 32.1. The summed E-state index contributed by atoms with van der Waals surface area (Å²) >= 11 is 1.44. The molecule has 6 rings (SSSR count). The first-order valence-electron chi connectivity index (χ1n) is 14.6. The second-order valence-electron chi connectivity index (χ2n) is 11.0. The molecule has 10 nitrogen and oxygen atoms in total. The fourth-order valence-electron chi connectivity index (χ4n) is 5.87. The van der Waals surface area contributed by atoms with Gasteiger partial charge in [-0.2, -0.15) is 4.98 Å². The highest BCUT2D eigenvalue weighted by molar-refractivity contribution is 7.17. The minimum absolute atomic E-state index is 0.0551. The van der Waals surface area contributed by atoms with Crippen molar-refractivity contribution in [2.75, 3.05) is 76.0 Å². The van der Waals surface area contributed by atoms with Gasteiger partial charge in [0.05, 0.1) is 34.3 Å². The van der Waals surface area contributed by atoms with Gasteiger partial charge in [-0.25, -0.2) is 9.37 Å². The lowest BCUT2D eigenvalue weighted by Gasteiger charge is -2.42. The summed E-state index contributed by atoms with van der Waals surface area (Å²) in [4.78, 5) is 29.3. The Labute approximate surface area is 254 Å². The maximum atomic E-state index is 14.9. The van der Waals surface area contributed by atoms with E-state index in [0.717, 1.165) is 68.2 Å². The molecule has 2 aromatic heterocycles. The molecule has 12 heteroatoms. The summed E-state index contributed by atoms with van der Waals surface area (Å²) in [5.41, 5.74) is 2.78. The highest BCUT2D eigenvalue weighted by Gasteiger charge is 2.27. The minimum atomic E-state index is -0.552. The predicted octanol–water partition coefficient (Wildman–Crippen LogP) is 4.90. The number of anilines is 5. The smallest absolute Gasteiger partial charge is 0.253 e. The Bertz CT molecular complexity index is 1600. The van der Waals surface area contributed by atoms with Gasteiger partial charge in [0.2, 0.25) is 5.95 Å². The lowest BCUT2D eigenvalue weighted by molar-refractivity contribution is 0.0963. The number of halogens is 1. The molecule has 0 atom stereocenters. The third-order valence-electron chi connectivity index (χ3n) is 8.35. The number of amides is 1.